The number of esters is 1. The summed E-state index contributed by atoms with van der Waals surface area (Å²) in [4.78, 5) is 22.7. The van der Waals surface area contributed by atoms with Crippen molar-refractivity contribution in [3.63, 3.8) is 0 Å². The maximum Gasteiger partial charge on any atom is 0.338 e. The van der Waals surface area contributed by atoms with Crippen LogP contribution in [0.3, 0.4) is 0 Å². The third kappa shape index (κ3) is 4.02. The minimum Gasteiger partial charge on any atom is -0.456 e. The lowest BCUT2D eigenvalue weighted by Crippen LogP contribution is -2.23. The predicted octanol–water partition coefficient (Wildman–Crippen LogP) is 4.12. The number of carbonyl (C=O) groups excluding carboxylic acids is 2. The topological polar surface area (TPSA) is 43.4 Å². The highest BCUT2D eigenvalue weighted by Gasteiger charge is 2.17. The van der Waals surface area contributed by atoms with E-state index in [1.165, 1.54) is 0 Å². The summed E-state index contributed by atoms with van der Waals surface area (Å²) in [5.74, 6) is -0.337. The van der Waals surface area contributed by atoms with Crippen LogP contribution in [0.25, 0.3) is 11.1 Å². The van der Waals surface area contributed by atoms with Crippen molar-refractivity contribution >= 4 is 12.3 Å². The fourth-order valence-electron chi connectivity index (χ4n) is 1.93. The first kappa shape index (κ1) is 15.0. The first-order valence-corrected chi connectivity index (χ1v) is 6.78. The Hall–Kier alpha value is -2.42. The molecule has 3 nitrogen and oxygen atoms in total. The molecule has 2 aromatic rings. The summed E-state index contributed by atoms with van der Waals surface area (Å²) in [6.07, 6.45) is 0.818. The third-order valence-corrected chi connectivity index (χ3v) is 2.88. The van der Waals surface area contributed by atoms with Gasteiger partial charge in [-0.15, -0.1) is 0 Å². The van der Waals surface area contributed by atoms with E-state index in [9.17, 15) is 9.59 Å². The minimum atomic E-state index is -0.506. The molecule has 0 saturated heterocycles. The van der Waals surface area contributed by atoms with Gasteiger partial charge in [0.15, 0.2) is 0 Å². The van der Waals surface area contributed by atoms with Gasteiger partial charge < -0.3 is 4.74 Å². The van der Waals surface area contributed by atoms with Crippen LogP contribution in [0.5, 0.6) is 0 Å². The summed E-state index contributed by atoms with van der Waals surface area (Å²) in [6, 6.07) is 14.5. The molecule has 0 aromatic heterocycles. The van der Waals surface area contributed by atoms with E-state index in [0.29, 0.717) is 11.1 Å². The van der Waals surface area contributed by atoms with E-state index in [-0.39, 0.29) is 5.97 Å². The van der Waals surface area contributed by atoms with E-state index in [2.05, 4.69) is 0 Å². The molecule has 0 aliphatic rings. The van der Waals surface area contributed by atoms with Crippen molar-refractivity contribution in [1.82, 2.24) is 0 Å². The zero-order chi connectivity index (χ0) is 15.5. The normalized spacial score (nSPS) is 11.0. The van der Waals surface area contributed by atoms with E-state index < -0.39 is 5.60 Å². The van der Waals surface area contributed by atoms with Crippen molar-refractivity contribution in [2.75, 3.05) is 0 Å². The highest BCUT2D eigenvalue weighted by Crippen LogP contribution is 2.21. The molecule has 3 heteroatoms. The highest BCUT2D eigenvalue weighted by molar-refractivity contribution is 5.90. The maximum atomic E-state index is 11.9. The van der Waals surface area contributed by atoms with Crippen LogP contribution in [0.1, 0.15) is 41.5 Å². The molecule has 0 aliphatic carbocycles. The summed E-state index contributed by atoms with van der Waals surface area (Å²) in [5.41, 5.74) is 2.53. The summed E-state index contributed by atoms with van der Waals surface area (Å²) in [6.45, 7) is 5.51. The first-order chi connectivity index (χ1) is 9.89. The molecular weight excluding hydrogens is 264 g/mol. The van der Waals surface area contributed by atoms with Crippen LogP contribution in [0.4, 0.5) is 0 Å². The average Bonchev–Trinajstić information content (AvgIpc) is 2.46. The van der Waals surface area contributed by atoms with Crippen LogP contribution in [0.2, 0.25) is 0 Å². The van der Waals surface area contributed by atoms with Gasteiger partial charge in [0.2, 0.25) is 0 Å². The second kappa shape index (κ2) is 5.92. The van der Waals surface area contributed by atoms with Crippen LogP contribution in [0, 0.1) is 0 Å². The molecule has 0 unspecified atom stereocenters. The number of carbonyl (C=O) groups is 2. The zero-order valence-corrected chi connectivity index (χ0v) is 12.4. The van der Waals surface area contributed by atoms with Gasteiger partial charge in [0.1, 0.15) is 11.9 Å². The van der Waals surface area contributed by atoms with E-state index >= 15 is 0 Å². The summed E-state index contributed by atoms with van der Waals surface area (Å²) in [5, 5.41) is 0. The van der Waals surface area contributed by atoms with Gasteiger partial charge in [-0.3, -0.25) is 4.79 Å². The lowest BCUT2D eigenvalue weighted by Gasteiger charge is -2.19. The Labute approximate surface area is 124 Å². The number of hydrogen-bond acceptors (Lipinski definition) is 3. The summed E-state index contributed by atoms with van der Waals surface area (Å²) < 4.78 is 5.32. The monoisotopic (exact) mass is 282 g/mol. The van der Waals surface area contributed by atoms with Gasteiger partial charge in [0, 0.05) is 5.56 Å². The van der Waals surface area contributed by atoms with Crippen LogP contribution in [-0.4, -0.2) is 17.9 Å². The number of ether oxygens (including phenoxy) is 1. The molecule has 0 saturated carbocycles. The second-order valence-electron chi connectivity index (χ2n) is 5.82. The lowest BCUT2D eigenvalue weighted by molar-refractivity contribution is 0.00695. The first-order valence-electron chi connectivity index (χ1n) is 6.78. The highest BCUT2D eigenvalue weighted by atomic mass is 16.6. The molecule has 0 fully saturated rings. The van der Waals surface area contributed by atoms with E-state index in [0.717, 1.165) is 17.4 Å². The Morgan fingerprint density at radius 2 is 1.67 bits per heavy atom. The van der Waals surface area contributed by atoms with Crippen molar-refractivity contribution < 1.29 is 14.3 Å². The van der Waals surface area contributed by atoms with Crippen LogP contribution >= 0.6 is 0 Å². The smallest absolute Gasteiger partial charge is 0.338 e. The van der Waals surface area contributed by atoms with Crippen LogP contribution in [-0.2, 0) is 4.74 Å². The predicted molar refractivity (Wildman–Crippen MR) is 82.4 cm³/mol. The Balaban J connectivity index is 2.22. The molecule has 2 rings (SSSR count). The van der Waals surface area contributed by atoms with Gasteiger partial charge in [-0.1, -0.05) is 30.3 Å². The third-order valence-electron chi connectivity index (χ3n) is 2.88. The molecule has 0 aliphatic heterocycles. The molecule has 0 heterocycles. The Morgan fingerprint density at radius 1 is 1.00 bits per heavy atom. The minimum absolute atomic E-state index is 0.337. The molecular formula is C18H18O3. The maximum absolute atomic E-state index is 11.9. The summed E-state index contributed by atoms with van der Waals surface area (Å²) >= 11 is 0. The largest absolute Gasteiger partial charge is 0.456 e. The average molecular weight is 282 g/mol. The Bertz CT molecular complexity index is 649. The number of benzene rings is 2. The van der Waals surface area contributed by atoms with Gasteiger partial charge >= 0.3 is 5.97 Å². The molecule has 0 atom stereocenters. The van der Waals surface area contributed by atoms with Crippen LogP contribution < -0.4 is 0 Å². The molecule has 2 aromatic carbocycles. The van der Waals surface area contributed by atoms with Gasteiger partial charge in [0.25, 0.3) is 0 Å². The SMILES string of the molecule is CC(C)(C)OC(=O)c1ccc(-c2cccc(C=O)c2)cc1. The van der Waals surface area contributed by atoms with E-state index in [1.54, 1.807) is 18.2 Å². The molecule has 0 amide bonds. The van der Waals surface area contributed by atoms with Crippen LogP contribution in [0.15, 0.2) is 48.5 Å². The number of aldehydes is 1. The second-order valence-corrected chi connectivity index (χ2v) is 5.82. The van der Waals surface area contributed by atoms with Gasteiger partial charge in [-0.2, -0.15) is 0 Å². The fourth-order valence-corrected chi connectivity index (χ4v) is 1.93. The number of rotatable bonds is 3. The van der Waals surface area contributed by atoms with Crippen molar-refractivity contribution in [3.8, 4) is 11.1 Å². The molecule has 0 radical (unpaired) electrons. The quantitative estimate of drug-likeness (QED) is 0.628. The van der Waals surface area contributed by atoms with Gasteiger partial charge in [-0.25, -0.2) is 4.79 Å². The molecule has 0 bridgehead atoms. The Morgan fingerprint density at radius 3 is 2.24 bits per heavy atom. The van der Waals surface area contributed by atoms with Crippen molar-refractivity contribution in [3.05, 3.63) is 59.7 Å². The standard InChI is InChI=1S/C18H18O3/c1-18(2,3)21-17(20)15-9-7-14(8-10-15)16-6-4-5-13(11-16)12-19/h4-12H,1-3H3. The van der Waals surface area contributed by atoms with Crippen molar-refractivity contribution in [2.45, 2.75) is 26.4 Å². The van der Waals surface area contributed by atoms with E-state index in [1.807, 2.05) is 51.1 Å². The van der Waals surface area contributed by atoms with Crippen molar-refractivity contribution in [1.29, 1.82) is 0 Å². The molecule has 21 heavy (non-hydrogen) atoms. The summed E-state index contributed by atoms with van der Waals surface area (Å²) in [7, 11) is 0. The Kier molecular flexibility index (Phi) is 4.22. The van der Waals surface area contributed by atoms with Gasteiger partial charge in [-0.05, 0) is 50.1 Å². The molecule has 0 spiro atoms. The molecule has 0 N–H and O–H groups in total. The number of hydrogen-bond donors (Lipinski definition) is 0. The zero-order valence-electron chi connectivity index (χ0n) is 12.4. The fraction of sp³-hybridized carbons (Fsp3) is 0.222. The van der Waals surface area contributed by atoms with E-state index in [4.69, 9.17) is 4.74 Å². The van der Waals surface area contributed by atoms with Crippen molar-refractivity contribution in [2.24, 2.45) is 0 Å². The van der Waals surface area contributed by atoms with Gasteiger partial charge in [0.05, 0.1) is 5.56 Å². The molecule has 108 valence electrons. The lowest BCUT2D eigenvalue weighted by atomic mass is 10.0.